The number of carbonyl (C=O) groups excluding carboxylic acids is 2. The summed E-state index contributed by atoms with van der Waals surface area (Å²) in [5.41, 5.74) is 0. The standard InChI is InChI=1S/C18H29NO4/c1-2-22-18(21)15-11-13(15)12-19(14-7-4-3-5-8-14)17(20)16-9-6-10-23-16/h13-16H,2-12H2,1H3/t13-,15+,16-/m0/s1. The summed E-state index contributed by atoms with van der Waals surface area (Å²) < 4.78 is 10.7. The summed E-state index contributed by atoms with van der Waals surface area (Å²) >= 11 is 0. The van der Waals surface area contributed by atoms with Crippen molar-refractivity contribution < 1.29 is 19.1 Å². The van der Waals surface area contributed by atoms with Crippen molar-refractivity contribution in [1.82, 2.24) is 4.90 Å². The van der Waals surface area contributed by atoms with Crippen LogP contribution in [0.2, 0.25) is 0 Å². The molecule has 5 nitrogen and oxygen atoms in total. The number of rotatable bonds is 6. The molecule has 0 unspecified atom stereocenters. The third kappa shape index (κ3) is 4.06. The fourth-order valence-corrected chi connectivity index (χ4v) is 4.01. The number of hydrogen-bond acceptors (Lipinski definition) is 4. The van der Waals surface area contributed by atoms with Crippen LogP contribution in [0, 0.1) is 11.8 Å². The van der Waals surface area contributed by atoms with E-state index in [-0.39, 0.29) is 29.8 Å². The van der Waals surface area contributed by atoms with Crippen LogP contribution in [-0.4, -0.2) is 48.7 Å². The van der Waals surface area contributed by atoms with E-state index >= 15 is 0 Å². The first kappa shape index (κ1) is 16.7. The highest BCUT2D eigenvalue weighted by Crippen LogP contribution is 2.41. The second-order valence-corrected chi connectivity index (χ2v) is 7.14. The van der Waals surface area contributed by atoms with Gasteiger partial charge in [-0.05, 0) is 44.9 Å². The highest BCUT2D eigenvalue weighted by molar-refractivity contribution is 5.82. The van der Waals surface area contributed by atoms with Gasteiger partial charge in [0.15, 0.2) is 0 Å². The molecular weight excluding hydrogens is 294 g/mol. The molecule has 1 amide bonds. The molecule has 3 aliphatic rings. The molecule has 0 bridgehead atoms. The van der Waals surface area contributed by atoms with Crippen molar-refractivity contribution in [3.8, 4) is 0 Å². The molecule has 3 rings (SSSR count). The Hall–Kier alpha value is -1.10. The molecule has 5 heteroatoms. The molecule has 0 N–H and O–H groups in total. The Bertz CT molecular complexity index is 427. The number of hydrogen-bond donors (Lipinski definition) is 0. The van der Waals surface area contributed by atoms with Gasteiger partial charge in [-0.1, -0.05) is 19.3 Å². The van der Waals surface area contributed by atoms with Crippen molar-refractivity contribution in [2.75, 3.05) is 19.8 Å². The molecule has 0 aromatic carbocycles. The third-order valence-electron chi connectivity index (χ3n) is 5.45. The highest BCUT2D eigenvalue weighted by Gasteiger charge is 2.47. The molecule has 0 radical (unpaired) electrons. The summed E-state index contributed by atoms with van der Waals surface area (Å²) in [6, 6.07) is 0.337. The first-order valence-corrected chi connectivity index (χ1v) is 9.29. The van der Waals surface area contributed by atoms with Gasteiger partial charge in [0.2, 0.25) is 0 Å². The molecular formula is C18H29NO4. The number of amides is 1. The predicted octanol–water partition coefficient (Wildman–Crippen LogP) is 2.53. The lowest BCUT2D eigenvalue weighted by Gasteiger charge is -2.36. The number of carbonyl (C=O) groups is 2. The zero-order valence-electron chi connectivity index (χ0n) is 14.2. The molecule has 2 aliphatic carbocycles. The maximum absolute atomic E-state index is 12.9. The average Bonchev–Trinajstić information content (AvgIpc) is 3.13. The second kappa shape index (κ2) is 7.65. The monoisotopic (exact) mass is 323 g/mol. The topological polar surface area (TPSA) is 55.8 Å². The van der Waals surface area contributed by atoms with Crippen LogP contribution in [-0.2, 0) is 19.1 Å². The zero-order chi connectivity index (χ0) is 16.2. The minimum Gasteiger partial charge on any atom is -0.466 e. The van der Waals surface area contributed by atoms with Gasteiger partial charge in [-0.3, -0.25) is 9.59 Å². The van der Waals surface area contributed by atoms with Gasteiger partial charge in [0, 0.05) is 19.2 Å². The van der Waals surface area contributed by atoms with Gasteiger partial charge in [-0.2, -0.15) is 0 Å². The first-order valence-electron chi connectivity index (χ1n) is 9.29. The summed E-state index contributed by atoms with van der Waals surface area (Å²) in [7, 11) is 0. The van der Waals surface area contributed by atoms with Crippen LogP contribution in [0.3, 0.4) is 0 Å². The lowest BCUT2D eigenvalue weighted by atomic mass is 9.93. The Kier molecular flexibility index (Phi) is 5.57. The van der Waals surface area contributed by atoms with Gasteiger partial charge in [0.25, 0.3) is 5.91 Å². The maximum atomic E-state index is 12.9. The van der Waals surface area contributed by atoms with Crippen molar-refractivity contribution in [1.29, 1.82) is 0 Å². The summed E-state index contributed by atoms with van der Waals surface area (Å²) in [4.78, 5) is 26.8. The van der Waals surface area contributed by atoms with Crippen LogP contribution in [0.4, 0.5) is 0 Å². The Morgan fingerprint density at radius 3 is 2.57 bits per heavy atom. The smallest absolute Gasteiger partial charge is 0.309 e. The quantitative estimate of drug-likeness (QED) is 0.705. The van der Waals surface area contributed by atoms with Gasteiger partial charge in [-0.15, -0.1) is 0 Å². The second-order valence-electron chi connectivity index (χ2n) is 7.14. The largest absolute Gasteiger partial charge is 0.466 e. The van der Waals surface area contributed by atoms with E-state index in [1.807, 2.05) is 6.92 Å². The van der Waals surface area contributed by atoms with Crippen molar-refractivity contribution in [2.45, 2.75) is 70.4 Å². The molecule has 130 valence electrons. The summed E-state index contributed by atoms with van der Waals surface area (Å²) in [6.45, 7) is 3.67. The van der Waals surface area contributed by atoms with Crippen molar-refractivity contribution in [2.24, 2.45) is 11.8 Å². The Morgan fingerprint density at radius 1 is 1.13 bits per heavy atom. The van der Waals surface area contributed by atoms with Gasteiger partial charge in [0.1, 0.15) is 6.10 Å². The minimum absolute atomic E-state index is 0.00154. The number of nitrogens with zero attached hydrogens (tertiary/aromatic N) is 1. The predicted molar refractivity (Wildman–Crippen MR) is 85.8 cm³/mol. The molecule has 1 aliphatic heterocycles. The minimum atomic E-state index is -0.253. The Balaban J connectivity index is 1.61. The van der Waals surface area contributed by atoms with Gasteiger partial charge in [0.05, 0.1) is 12.5 Å². The SMILES string of the molecule is CCOC(=O)[C@@H]1C[C@H]1CN(C(=O)[C@@H]1CCCO1)C1CCCCC1. The Labute approximate surface area is 138 Å². The molecule has 0 aromatic rings. The van der Waals surface area contributed by atoms with E-state index in [1.165, 1.54) is 19.3 Å². The van der Waals surface area contributed by atoms with E-state index in [4.69, 9.17) is 9.47 Å². The van der Waals surface area contributed by atoms with Crippen LogP contribution in [0.5, 0.6) is 0 Å². The normalized spacial score (nSPS) is 30.9. The molecule has 1 saturated heterocycles. The lowest BCUT2D eigenvalue weighted by molar-refractivity contribution is -0.147. The van der Waals surface area contributed by atoms with Crippen LogP contribution >= 0.6 is 0 Å². The van der Waals surface area contributed by atoms with Crippen molar-refractivity contribution >= 4 is 11.9 Å². The van der Waals surface area contributed by atoms with E-state index < -0.39 is 0 Å². The highest BCUT2D eigenvalue weighted by atomic mass is 16.5. The molecule has 1 heterocycles. The van der Waals surface area contributed by atoms with Crippen molar-refractivity contribution in [3.05, 3.63) is 0 Å². The van der Waals surface area contributed by atoms with Gasteiger partial charge >= 0.3 is 5.97 Å². The fraction of sp³-hybridized carbons (Fsp3) is 0.889. The summed E-state index contributed by atoms with van der Waals surface area (Å²) in [5, 5.41) is 0. The van der Waals surface area contributed by atoms with Crippen LogP contribution in [0.15, 0.2) is 0 Å². The lowest BCUT2D eigenvalue weighted by Crippen LogP contribution is -2.47. The van der Waals surface area contributed by atoms with Crippen LogP contribution in [0.25, 0.3) is 0 Å². The molecule has 2 saturated carbocycles. The molecule has 3 fully saturated rings. The van der Waals surface area contributed by atoms with Crippen molar-refractivity contribution in [3.63, 3.8) is 0 Å². The van der Waals surface area contributed by atoms with Crippen LogP contribution in [0.1, 0.15) is 58.3 Å². The first-order chi connectivity index (χ1) is 11.2. The molecule has 0 spiro atoms. The maximum Gasteiger partial charge on any atom is 0.309 e. The van der Waals surface area contributed by atoms with E-state index in [1.54, 1.807) is 0 Å². The van der Waals surface area contributed by atoms with E-state index in [0.717, 1.165) is 32.1 Å². The average molecular weight is 323 g/mol. The van der Waals surface area contributed by atoms with E-state index in [2.05, 4.69) is 4.90 Å². The van der Waals surface area contributed by atoms with Gasteiger partial charge < -0.3 is 14.4 Å². The zero-order valence-corrected chi connectivity index (χ0v) is 14.2. The molecule has 0 aromatic heterocycles. The van der Waals surface area contributed by atoms with E-state index in [0.29, 0.717) is 25.8 Å². The van der Waals surface area contributed by atoms with E-state index in [9.17, 15) is 9.59 Å². The molecule has 3 atom stereocenters. The van der Waals surface area contributed by atoms with Gasteiger partial charge in [-0.25, -0.2) is 0 Å². The fourth-order valence-electron chi connectivity index (χ4n) is 4.01. The Morgan fingerprint density at radius 2 is 1.91 bits per heavy atom. The van der Waals surface area contributed by atoms with Crippen LogP contribution < -0.4 is 0 Å². The third-order valence-corrected chi connectivity index (χ3v) is 5.45. The molecule has 23 heavy (non-hydrogen) atoms. The number of esters is 1. The number of ether oxygens (including phenoxy) is 2. The summed E-state index contributed by atoms with van der Waals surface area (Å²) in [6.07, 6.45) is 8.28. The summed E-state index contributed by atoms with van der Waals surface area (Å²) in [5.74, 6) is 0.342.